The number of thiazole rings is 1. The summed E-state index contributed by atoms with van der Waals surface area (Å²) < 4.78 is 10.7. The van der Waals surface area contributed by atoms with Gasteiger partial charge in [-0.3, -0.25) is 9.59 Å². The third-order valence-electron chi connectivity index (χ3n) is 3.14. The highest BCUT2D eigenvalue weighted by Gasteiger charge is 2.10. The molecule has 0 fully saturated rings. The molecule has 0 unspecified atom stereocenters. The van der Waals surface area contributed by atoms with Gasteiger partial charge in [0.05, 0.1) is 31.6 Å². The second-order valence-corrected chi connectivity index (χ2v) is 7.08. The molecule has 1 heterocycles. The highest BCUT2D eigenvalue weighted by Crippen LogP contribution is 2.22. The minimum atomic E-state index is -0.290. The molecule has 0 saturated carbocycles. The summed E-state index contributed by atoms with van der Waals surface area (Å²) in [6.45, 7) is 2.60. The molecule has 2 aromatic rings. The van der Waals surface area contributed by atoms with E-state index in [4.69, 9.17) is 9.47 Å². The molecule has 0 atom stereocenters. The van der Waals surface area contributed by atoms with Gasteiger partial charge in [0.25, 0.3) is 0 Å². The number of nitrogens with zero attached hydrogens (tertiary/aromatic N) is 1. The van der Waals surface area contributed by atoms with Crippen molar-refractivity contribution < 1.29 is 19.1 Å². The molecule has 6 nitrogen and oxygen atoms in total. The lowest BCUT2D eigenvalue weighted by molar-refractivity contribution is -0.142. The van der Waals surface area contributed by atoms with Crippen molar-refractivity contribution in [3.8, 4) is 5.75 Å². The Kier molecular flexibility index (Phi) is 7.75. The van der Waals surface area contributed by atoms with E-state index in [0.29, 0.717) is 18.8 Å². The molecule has 1 aromatic heterocycles. The van der Waals surface area contributed by atoms with Gasteiger partial charge in [-0.05, 0) is 24.6 Å². The Hall–Kier alpha value is -2.06. The predicted octanol–water partition coefficient (Wildman–Crippen LogP) is 2.67. The van der Waals surface area contributed by atoms with Crippen LogP contribution in [0.5, 0.6) is 5.75 Å². The van der Waals surface area contributed by atoms with Crippen LogP contribution in [0.4, 0.5) is 0 Å². The minimum absolute atomic E-state index is 0.0667. The molecule has 134 valence electrons. The largest absolute Gasteiger partial charge is 0.497 e. The monoisotopic (exact) mass is 380 g/mol. The lowest BCUT2D eigenvalue weighted by Gasteiger charge is -2.05. The van der Waals surface area contributed by atoms with Crippen molar-refractivity contribution in [3.05, 3.63) is 40.9 Å². The number of carbonyl (C=O) groups excluding carboxylic acids is 2. The van der Waals surface area contributed by atoms with Crippen LogP contribution in [0.3, 0.4) is 0 Å². The van der Waals surface area contributed by atoms with E-state index < -0.39 is 0 Å². The highest BCUT2D eigenvalue weighted by molar-refractivity contribution is 8.01. The van der Waals surface area contributed by atoms with Crippen LogP contribution in [0.25, 0.3) is 0 Å². The van der Waals surface area contributed by atoms with Gasteiger partial charge in [0, 0.05) is 11.9 Å². The molecular weight excluding hydrogens is 360 g/mol. The van der Waals surface area contributed by atoms with Crippen LogP contribution >= 0.6 is 23.1 Å². The first-order valence-electron chi connectivity index (χ1n) is 7.73. The molecular formula is C17H20N2O4S2. The summed E-state index contributed by atoms with van der Waals surface area (Å²) in [5.41, 5.74) is 1.68. The molecule has 2 rings (SSSR count). The number of hydrogen-bond acceptors (Lipinski definition) is 7. The van der Waals surface area contributed by atoms with Crippen LogP contribution in [0.15, 0.2) is 34.0 Å². The zero-order chi connectivity index (χ0) is 18.1. The summed E-state index contributed by atoms with van der Waals surface area (Å²) >= 11 is 2.77. The van der Waals surface area contributed by atoms with Gasteiger partial charge in [0.2, 0.25) is 5.91 Å². The van der Waals surface area contributed by atoms with Crippen molar-refractivity contribution in [3.63, 3.8) is 0 Å². The van der Waals surface area contributed by atoms with E-state index in [-0.39, 0.29) is 24.1 Å². The predicted molar refractivity (Wildman–Crippen MR) is 98.0 cm³/mol. The molecule has 0 spiro atoms. The minimum Gasteiger partial charge on any atom is -0.497 e. The molecule has 8 heteroatoms. The average Bonchev–Trinajstić information content (AvgIpc) is 3.06. The number of aromatic nitrogens is 1. The molecule has 0 aliphatic carbocycles. The zero-order valence-electron chi connectivity index (χ0n) is 14.1. The quantitative estimate of drug-likeness (QED) is 0.532. The van der Waals surface area contributed by atoms with Crippen molar-refractivity contribution in [2.45, 2.75) is 24.2 Å². The number of carbonyl (C=O) groups is 2. The van der Waals surface area contributed by atoms with E-state index in [1.54, 1.807) is 14.0 Å². The number of ether oxygens (including phenoxy) is 2. The van der Waals surface area contributed by atoms with Gasteiger partial charge >= 0.3 is 5.97 Å². The van der Waals surface area contributed by atoms with E-state index >= 15 is 0 Å². The third-order valence-corrected chi connectivity index (χ3v) is 5.21. The van der Waals surface area contributed by atoms with Crippen LogP contribution < -0.4 is 10.1 Å². The van der Waals surface area contributed by atoms with Crippen LogP contribution in [-0.2, 0) is 27.3 Å². The van der Waals surface area contributed by atoms with Crippen molar-refractivity contribution in [2.75, 3.05) is 19.5 Å². The summed E-state index contributed by atoms with van der Waals surface area (Å²) in [6.07, 6.45) is 0.161. The van der Waals surface area contributed by atoms with Gasteiger partial charge < -0.3 is 14.8 Å². The topological polar surface area (TPSA) is 77.5 Å². The summed E-state index contributed by atoms with van der Waals surface area (Å²) in [7, 11) is 1.62. The summed E-state index contributed by atoms with van der Waals surface area (Å²) in [4.78, 5) is 27.7. The number of esters is 1. The number of nitrogens with one attached hydrogen (secondary N) is 1. The van der Waals surface area contributed by atoms with Gasteiger partial charge in [-0.15, -0.1) is 11.3 Å². The number of thioether (sulfide) groups is 1. The fourth-order valence-electron chi connectivity index (χ4n) is 1.92. The van der Waals surface area contributed by atoms with Gasteiger partial charge in [0.15, 0.2) is 4.34 Å². The van der Waals surface area contributed by atoms with Crippen molar-refractivity contribution >= 4 is 35.0 Å². The first-order valence-corrected chi connectivity index (χ1v) is 9.59. The number of amides is 1. The van der Waals surface area contributed by atoms with Gasteiger partial charge in [-0.25, -0.2) is 4.98 Å². The highest BCUT2D eigenvalue weighted by atomic mass is 32.2. The Balaban J connectivity index is 1.72. The number of methoxy groups -OCH3 is 1. The van der Waals surface area contributed by atoms with E-state index in [9.17, 15) is 9.59 Å². The molecule has 1 N–H and O–H groups in total. The number of rotatable bonds is 9. The normalized spacial score (nSPS) is 10.3. The standard InChI is InChI=1S/C17H20N2O4S2/c1-3-23-16(21)8-13-10-24-17(19-13)25-11-15(20)18-9-12-4-6-14(22-2)7-5-12/h4-7,10H,3,8-9,11H2,1-2H3,(H,18,20). The lowest BCUT2D eigenvalue weighted by atomic mass is 10.2. The SMILES string of the molecule is CCOC(=O)Cc1csc(SCC(=O)NCc2ccc(OC)cc2)n1. The van der Waals surface area contributed by atoms with Gasteiger partial charge in [-0.2, -0.15) is 0 Å². The first-order chi connectivity index (χ1) is 12.1. The van der Waals surface area contributed by atoms with Crippen molar-refractivity contribution in [1.29, 1.82) is 0 Å². The Bertz CT molecular complexity index is 701. The molecule has 0 aliphatic rings. The van der Waals surface area contributed by atoms with Gasteiger partial charge in [-0.1, -0.05) is 23.9 Å². The number of benzene rings is 1. The molecule has 1 amide bonds. The van der Waals surface area contributed by atoms with Crippen LogP contribution in [0.2, 0.25) is 0 Å². The van der Waals surface area contributed by atoms with E-state index in [1.807, 2.05) is 29.6 Å². The summed E-state index contributed by atoms with van der Waals surface area (Å²) in [6, 6.07) is 7.54. The molecule has 1 aromatic carbocycles. The van der Waals surface area contributed by atoms with Crippen molar-refractivity contribution in [1.82, 2.24) is 10.3 Å². The second kappa shape index (κ2) is 10.0. The third kappa shape index (κ3) is 6.75. The fourth-order valence-corrected chi connectivity index (χ4v) is 3.59. The number of hydrogen-bond donors (Lipinski definition) is 1. The Morgan fingerprint density at radius 3 is 2.72 bits per heavy atom. The van der Waals surface area contributed by atoms with Crippen LogP contribution in [-0.4, -0.2) is 36.3 Å². The molecule has 0 radical (unpaired) electrons. The maximum Gasteiger partial charge on any atom is 0.311 e. The maximum atomic E-state index is 11.9. The average molecular weight is 380 g/mol. The Morgan fingerprint density at radius 1 is 1.28 bits per heavy atom. The molecule has 0 bridgehead atoms. The Morgan fingerprint density at radius 2 is 2.04 bits per heavy atom. The molecule has 0 aliphatic heterocycles. The zero-order valence-corrected chi connectivity index (χ0v) is 15.7. The Labute approximate surface area is 154 Å². The van der Waals surface area contributed by atoms with Crippen molar-refractivity contribution in [2.24, 2.45) is 0 Å². The second-order valence-electron chi connectivity index (χ2n) is 5.00. The van der Waals surface area contributed by atoms with E-state index in [2.05, 4.69) is 10.3 Å². The smallest absolute Gasteiger partial charge is 0.311 e. The van der Waals surface area contributed by atoms with Crippen LogP contribution in [0, 0.1) is 0 Å². The summed E-state index contributed by atoms with van der Waals surface area (Å²) in [5, 5.41) is 4.68. The van der Waals surface area contributed by atoms with E-state index in [1.165, 1.54) is 23.1 Å². The summed E-state index contributed by atoms with van der Waals surface area (Å²) in [5.74, 6) is 0.709. The van der Waals surface area contributed by atoms with Crippen LogP contribution in [0.1, 0.15) is 18.2 Å². The van der Waals surface area contributed by atoms with E-state index in [0.717, 1.165) is 15.7 Å². The first kappa shape index (κ1) is 19.3. The fraction of sp³-hybridized carbons (Fsp3) is 0.353. The molecule has 0 saturated heterocycles. The molecule has 25 heavy (non-hydrogen) atoms. The van der Waals surface area contributed by atoms with Gasteiger partial charge in [0.1, 0.15) is 5.75 Å². The maximum absolute atomic E-state index is 11.9. The lowest BCUT2D eigenvalue weighted by Crippen LogP contribution is -2.24.